The number of methoxy groups -OCH3 is 1. The fraction of sp³-hybridized carbons (Fsp3) is 0.520. The quantitative estimate of drug-likeness (QED) is 0.653. The van der Waals surface area contributed by atoms with Gasteiger partial charge in [0, 0.05) is 7.05 Å². The predicted octanol–water partition coefficient (Wildman–Crippen LogP) is 5.30. The van der Waals surface area contributed by atoms with E-state index in [2.05, 4.69) is 12.1 Å². The minimum atomic E-state index is -3.62. The standard InChI is InChI=1S/C25H31NO3S/c1-17-10-23(8-9-24(17)29-3)30(27,28)26(2)22-6-4-21(5-7-22)25-14-18-11-19(15-25)13-20(12-18)16-25/h4-10,18-20H,11-16H2,1-3H3. The molecule has 4 fully saturated rings. The maximum Gasteiger partial charge on any atom is 0.264 e. The fourth-order valence-electron chi connectivity index (χ4n) is 6.80. The Bertz CT molecular complexity index is 1020. The zero-order chi connectivity index (χ0) is 21.1. The smallest absolute Gasteiger partial charge is 0.264 e. The molecule has 0 spiro atoms. The van der Waals surface area contributed by atoms with Crippen molar-refractivity contribution in [3.63, 3.8) is 0 Å². The van der Waals surface area contributed by atoms with E-state index in [4.69, 9.17) is 4.74 Å². The molecular formula is C25H31NO3S. The summed E-state index contributed by atoms with van der Waals surface area (Å²) < 4.78 is 33.0. The van der Waals surface area contributed by atoms with Crippen LogP contribution in [0.3, 0.4) is 0 Å². The van der Waals surface area contributed by atoms with Gasteiger partial charge in [0.05, 0.1) is 17.7 Å². The van der Waals surface area contributed by atoms with E-state index in [9.17, 15) is 8.42 Å². The zero-order valence-corrected chi connectivity index (χ0v) is 18.9. The van der Waals surface area contributed by atoms with Gasteiger partial charge in [-0.25, -0.2) is 8.42 Å². The Kier molecular flexibility index (Phi) is 4.66. The molecule has 4 aliphatic carbocycles. The predicted molar refractivity (Wildman–Crippen MR) is 120 cm³/mol. The van der Waals surface area contributed by atoms with E-state index in [1.807, 2.05) is 19.1 Å². The van der Waals surface area contributed by atoms with Gasteiger partial charge in [-0.2, -0.15) is 0 Å². The van der Waals surface area contributed by atoms with Gasteiger partial charge in [0.15, 0.2) is 0 Å². The molecule has 0 unspecified atom stereocenters. The molecular weight excluding hydrogens is 394 g/mol. The molecule has 4 bridgehead atoms. The lowest BCUT2D eigenvalue weighted by Crippen LogP contribution is -2.48. The van der Waals surface area contributed by atoms with Crippen molar-refractivity contribution in [2.45, 2.75) is 55.8 Å². The normalized spacial score (nSPS) is 29.8. The van der Waals surface area contributed by atoms with Crippen LogP contribution in [0.2, 0.25) is 0 Å². The molecule has 2 aromatic rings. The first-order valence-electron chi connectivity index (χ1n) is 11.0. The van der Waals surface area contributed by atoms with Gasteiger partial charge in [0.1, 0.15) is 5.75 Å². The Labute approximate surface area is 180 Å². The highest BCUT2D eigenvalue weighted by Gasteiger charge is 2.51. The van der Waals surface area contributed by atoms with Crippen molar-refractivity contribution >= 4 is 15.7 Å². The highest BCUT2D eigenvalue weighted by Crippen LogP contribution is 2.60. The number of rotatable bonds is 5. The molecule has 0 heterocycles. The van der Waals surface area contributed by atoms with Gasteiger partial charge in [0.25, 0.3) is 10.0 Å². The van der Waals surface area contributed by atoms with Crippen molar-refractivity contribution in [3.8, 4) is 5.75 Å². The highest BCUT2D eigenvalue weighted by molar-refractivity contribution is 7.92. The number of anilines is 1. The molecule has 0 N–H and O–H groups in total. The van der Waals surface area contributed by atoms with Crippen molar-refractivity contribution in [2.75, 3.05) is 18.5 Å². The van der Waals surface area contributed by atoms with Gasteiger partial charge in [-0.3, -0.25) is 4.31 Å². The van der Waals surface area contributed by atoms with E-state index in [1.54, 1.807) is 32.4 Å². The molecule has 0 radical (unpaired) electrons. The lowest BCUT2D eigenvalue weighted by Gasteiger charge is -2.57. The molecule has 0 aliphatic heterocycles. The number of aryl methyl sites for hydroxylation is 1. The van der Waals surface area contributed by atoms with E-state index in [-0.39, 0.29) is 4.90 Å². The molecule has 4 aliphatic rings. The number of benzene rings is 2. The van der Waals surface area contributed by atoms with E-state index in [0.717, 1.165) is 23.3 Å². The topological polar surface area (TPSA) is 46.6 Å². The largest absolute Gasteiger partial charge is 0.496 e. The van der Waals surface area contributed by atoms with Gasteiger partial charge in [-0.1, -0.05) is 12.1 Å². The van der Waals surface area contributed by atoms with Crippen LogP contribution >= 0.6 is 0 Å². The average molecular weight is 426 g/mol. The van der Waals surface area contributed by atoms with E-state index in [1.165, 1.54) is 48.4 Å². The molecule has 4 nitrogen and oxygen atoms in total. The Hall–Kier alpha value is -2.01. The summed E-state index contributed by atoms with van der Waals surface area (Å²) in [6.07, 6.45) is 8.24. The van der Waals surface area contributed by atoms with E-state index >= 15 is 0 Å². The van der Waals surface area contributed by atoms with Crippen LogP contribution in [0.1, 0.15) is 49.7 Å². The number of sulfonamides is 1. The third-order valence-electron chi connectivity index (χ3n) is 7.91. The van der Waals surface area contributed by atoms with Crippen molar-refractivity contribution in [2.24, 2.45) is 17.8 Å². The summed E-state index contributed by atoms with van der Waals surface area (Å²) in [5.74, 6) is 3.39. The van der Waals surface area contributed by atoms with Crippen LogP contribution < -0.4 is 9.04 Å². The number of ether oxygens (including phenoxy) is 1. The van der Waals surface area contributed by atoms with E-state index in [0.29, 0.717) is 16.9 Å². The minimum absolute atomic E-state index is 0.286. The maximum absolute atomic E-state index is 13.2. The first-order chi connectivity index (χ1) is 14.3. The summed E-state index contributed by atoms with van der Waals surface area (Å²) in [5, 5.41) is 0. The van der Waals surface area contributed by atoms with Crippen molar-refractivity contribution in [1.29, 1.82) is 0 Å². The van der Waals surface area contributed by atoms with Crippen molar-refractivity contribution < 1.29 is 13.2 Å². The fourth-order valence-corrected chi connectivity index (χ4v) is 8.08. The van der Waals surface area contributed by atoms with Crippen molar-refractivity contribution in [3.05, 3.63) is 53.6 Å². The van der Waals surface area contributed by atoms with Gasteiger partial charge in [-0.15, -0.1) is 0 Å². The van der Waals surface area contributed by atoms with Gasteiger partial charge in [-0.05, 0) is 110 Å². The number of hydrogen-bond donors (Lipinski definition) is 0. The molecule has 160 valence electrons. The van der Waals surface area contributed by atoms with Crippen LogP contribution in [-0.4, -0.2) is 22.6 Å². The highest BCUT2D eigenvalue weighted by atomic mass is 32.2. The first-order valence-corrected chi connectivity index (χ1v) is 12.5. The molecule has 6 rings (SSSR count). The second-order valence-electron chi connectivity index (χ2n) is 9.85. The molecule has 2 aromatic carbocycles. The molecule has 0 atom stereocenters. The summed E-state index contributed by atoms with van der Waals surface area (Å²) in [4.78, 5) is 0.286. The summed E-state index contributed by atoms with van der Waals surface area (Å²) in [6.45, 7) is 1.86. The van der Waals surface area contributed by atoms with Crippen LogP contribution in [0, 0.1) is 24.7 Å². The van der Waals surface area contributed by atoms with Crippen LogP contribution in [0.25, 0.3) is 0 Å². The molecule has 4 saturated carbocycles. The lowest BCUT2D eigenvalue weighted by molar-refractivity contribution is -0.00518. The Morgan fingerprint density at radius 1 is 0.933 bits per heavy atom. The SMILES string of the molecule is COc1ccc(S(=O)(=O)N(C)c2ccc(C34CC5CC(CC(C5)C3)C4)cc2)cc1C. The summed E-state index contributed by atoms with van der Waals surface area (Å²) in [7, 11) is -0.395. The second-order valence-corrected chi connectivity index (χ2v) is 11.8. The monoisotopic (exact) mass is 425 g/mol. The van der Waals surface area contributed by atoms with E-state index < -0.39 is 10.0 Å². The van der Waals surface area contributed by atoms with Crippen LogP contribution in [0.15, 0.2) is 47.4 Å². The Morgan fingerprint density at radius 2 is 1.50 bits per heavy atom. The summed E-state index contributed by atoms with van der Waals surface area (Å²) in [6, 6.07) is 13.4. The van der Waals surface area contributed by atoms with Gasteiger partial charge >= 0.3 is 0 Å². The summed E-state index contributed by atoms with van der Waals surface area (Å²) in [5.41, 5.74) is 3.26. The zero-order valence-electron chi connectivity index (χ0n) is 18.1. The number of hydrogen-bond acceptors (Lipinski definition) is 3. The maximum atomic E-state index is 13.2. The molecule has 5 heteroatoms. The Balaban J connectivity index is 1.41. The second kappa shape index (κ2) is 7.01. The third kappa shape index (κ3) is 3.13. The molecule has 0 amide bonds. The lowest BCUT2D eigenvalue weighted by atomic mass is 9.48. The molecule has 0 saturated heterocycles. The average Bonchev–Trinajstić information content (AvgIpc) is 2.72. The van der Waals surface area contributed by atoms with Crippen LogP contribution in [0.5, 0.6) is 5.75 Å². The van der Waals surface area contributed by atoms with Crippen LogP contribution in [-0.2, 0) is 15.4 Å². The molecule has 0 aromatic heterocycles. The van der Waals surface area contributed by atoms with Gasteiger partial charge in [0.2, 0.25) is 0 Å². The van der Waals surface area contributed by atoms with Crippen LogP contribution in [0.4, 0.5) is 5.69 Å². The molecule has 30 heavy (non-hydrogen) atoms. The minimum Gasteiger partial charge on any atom is -0.496 e. The third-order valence-corrected chi connectivity index (χ3v) is 9.69. The Morgan fingerprint density at radius 3 is 2.00 bits per heavy atom. The first kappa shape index (κ1) is 19.9. The van der Waals surface area contributed by atoms with Gasteiger partial charge < -0.3 is 4.74 Å². The summed E-state index contributed by atoms with van der Waals surface area (Å²) >= 11 is 0. The number of nitrogens with zero attached hydrogens (tertiary/aromatic N) is 1. The van der Waals surface area contributed by atoms with Crippen molar-refractivity contribution in [1.82, 2.24) is 0 Å².